The predicted octanol–water partition coefficient (Wildman–Crippen LogP) is -0.804. The van der Waals surface area contributed by atoms with Gasteiger partial charge in [-0.05, 0) is 6.92 Å². The Morgan fingerprint density at radius 3 is 3.00 bits per heavy atom. The van der Waals surface area contributed by atoms with Gasteiger partial charge in [-0.1, -0.05) is 0 Å². The van der Waals surface area contributed by atoms with Crippen LogP contribution in [0.4, 0.5) is 0 Å². The Morgan fingerprint density at radius 1 is 1.78 bits per heavy atom. The molecule has 1 aliphatic heterocycles. The predicted molar refractivity (Wildman–Crippen MR) is 38.1 cm³/mol. The van der Waals surface area contributed by atoms with Gasteiger partial charge in [-0.25, -0.2) is 0 Å². The van der Waals surface area contributed by atoms with E-state index >= 15 is 0 Å². The van der Waals surface area contributed by atoms with E-state index in [1.807, 2.05) is 0 Å². The van der Waals surface area contributed by atoms with Crippen LogP contribution in [0.3, 0.4) is 0 Å². The minimum absolute atomic E-state index is 0.536. The summed E-state index contributed by atoms with van der Waals surface area (Å²) in [4.78, 5) is 2.35. The molecule has 1 rings (SSSR count). The van der Waals surface area contributed by atoms with Crippen LogP contribution in [0.25, 0.3) is 0 Å². The van der Waals surface area contributed by atoms with Crippen LogP contribution in [0.1, 0.15) is 6.92 Å². The zero-order valence-electron chi connectivity index (χ0n) is 5.93. The van der Waals surface area contributed by atoms with Gasteiger partial charge in [-0.3, -0.25) is 4.90 Å². The summed E-state index contributed by atoms with van der Waals surface area (Å²) >= 11 is 0. The van der Waals surface area contributed by atoms with Crippen LogP contribution < -0.4 is 11.1 Å². The van der Waals surface area contributed by atoms with Gasteiger partial charge in [0.05, 0.1) is 6.17 Å². The fourth-order valence-electron chi connectivity index (χ4n) is 1.21. The Morgan fingerprint density at radius 2 is 2.56 bits per heavy atom. The molecule has 1 atom stereocenters. The molecule has 1 saturated heterocycles. The minimum atomic E-state index is 0.536. The summed E-state index contributed by atoms with van der Waals surface area (Å²) in [5.74, 6) is 0. The van der Waals surface area contributed by atoms with Crippen molar-refractivity contribution < 1.29 is 0 Å². The first kappa shape index (κ1) is 6.99. The van der Waals surface area contributed by atoms with Gasteiger partial charge in [0.25, 0.3) is 0 Å². The van der Waals surface area contributed by atoms with Crippen molar-refractivity contribution in [1.29, 1.82) is 0 Å². The lowest BCUT2D eigenvalue weighted by molar-refractivity contribution is 0.265. The van der Waals surface area contributed by atoms with Crippen LogP contribution in [0.2, 0.25) is 0 Å². The molecule has 3 nitrogen and oxygen atoms in total. The number of rotatable bonds is 2. The molecule has 3 N–H and O–H groups in total. The molecule has 0 bridgehead atoms. The Labute approximate surface area is 56.2 Å². The molecule has 9 heavy (non-hydrogen) atoms. The van der Waals surface area contributed by atoms with Crippen molar-refractivity contribution in [3.8, 4) is 0 Å². The Bertz CT molecular complexity index is 84.4. The van der Waals surface area contributed by atoms with Crippen molar-refractivity contribution in [3.05, 3.63) is 0 Å². The second-order valence-corrected chi connectivity index (χ2v) is 2.45. The highest BCUT2D eigenvalue weighted by Crippen LogP contribution is 1.99. The van der Waals surface area contributed by atoms with E-state index in [1.54, 1.807) is 0 Å². The van der Waals surface area contributed by atoms with Crippen LogP contribution in [0.15, 0.2) is 0 Å². The number of hydrogen-bond donors (Lipinski definition) is 2. The lowest BCUT2D eigenvalue weighted by Gasteiger charge is -2.18. The monoisotopic (exact) mass is 129 g/mol. The van der Waals surface area contributed by atoms with Crippen LogP contribution in [-0.2, 0) is 0 Å². The molecular formula is C6H15N3. The lowest BCUT2D eigenvalue weighted by Crippen LogP contribution is -2.36. The number of nitrogens with zero attached hydrogens (tertiary/aromatic N) is 1. The number of nitrogens with one attached hydrogen (secondary N) is 1. The van der Waals surface area contributed by atoms with Crippen molar-refractivity contribution in [3.63, 3.8) is 0 Å². The van der Waals surface area contributed by atoms with Crippen LogP contribution in [0.5, 0.6) is 0 Å². The zero-order chi connectivity index (χ0) is 6.69. The van der Waals surface area contributed by atoms with E-state index in [1.165, 1.54) is 0 Å². The topological polar surface area (TPSA) is 41.3 Å². The first-order chi connectivity index (χ1) is 4.34. The van der Waals surface area contributed by atoms with E-state index in [4.69, 9.17) is 5.73 Å². The molecule has 1 fully saturated rings. The van der Waals surface area contributed by atoms with Crippen molar-refractivity contribution >= 4 is 0 Å². The van der Waals surface area contributed by atoms with E-state index in [2.05, 4.69) is 17.1 Å². The molecular weight excluding hydrogens is 114 g/mol. The van der Waals surface area contributed by atoms with Gasteiger partial charge in [0.2, 0.25) is 0 Å². The van der Waals surface area contributed by atoms with E-state index in [0.717, 1.165) is 26.2 Å². The highest BCUT2D eigenvalue weighted by Gasteiger charge is 2.17. The maximum absolute atomic E-state index is 5.40. The van der Waals surface area contributed by atoms with Crippen molar-refractivity contribution in [2.75, 3.05) is 26.2 Å². The zero-order valence-corrected chi connectivity index (χ0v) is 5.93. The quantitative estimate of drug-likeness (QED) is 0.512. The van der Waals surface area contributed by atoms with Crippen molar-refractivity contribution in [2.45, 2.75) is 13.1 Å². The van der Waals surface area contributed by atoms with Gasteiger partial charge >= 0.3 is 0 Å². The molecule has 0 aromatic heterocycles. The molecule has 0 aromatic carbocycles. The minimum Gasteiger partial charge on any atom is -0.329 e. The summed E-state index contributed by atoms with van der Waals surface area (Å²) in [5.41, 5.74) is 5.40. The fraction of sp³-hybridized carbons (Fsp3) is 1.00. The highest BCUT2D eigenvalue weighted by atomic mass is 15.3. The van der Waals surface area contributed by atoms with Gasteiger partial charge < -0.3 is 11.1 Å². The summed E-state index contributed by atoms with van der Waals surface area (Å²) in [7, 11) is 0. The maximum Gasteiger partial charge on any atom is 0.0569 e. The summed E-state index contributed by atoms with van der Waals surface area (Å²) in [6.45, 7) is 6.22. The van der Waals surface area contributed by atoms with Gasteiger partial charge in [0.1, 0.15) is 0 Å². The Hall–Kier alpha value is -0.120. The molecule has 1 unspecified atom stereocenters. The first-order valence-corrected chi connectivity index (χ1v) is 3.52. The van der Waals surface area contributed by atoms with E-state index in [-0.39, 0.29) is 0 Å². The van der Waals surface area contributed by atoms with Gasteiger partial charge in [-0.15, -0.1) is 0 Å². The summed E-state index contributed by atoms with van der Waals surface area (Å²) in [5, 5.41) is 3.32. The van der Waals surface area contributed by atoms with Gasteiger partial charge in [0, 0.05) is 26.2 Å². The van der Waals surface area contributed by atoms with Gasteiger partial charge in [0.15, 0.2) is 0 Å². The smallest absolute Gasteiger partial charge is 0.0569 e. The molecule has 0 saturated carbocycles. The molecule has 1 heterocycles. The average molecular weight is 129 g/mol. The molecule has 54 valence electrons. The number of nitrogens with two attached hydrogens (primary N) is 1. The first-order valence-electron chi connectivity index (χ1n) is 3.52. The molecule has 0 aromatic rings. The number of hydrogen-bond acceptors (Lipinski definition) is 3. The fourth-order valence-corrected chi connectivity index (χ4v) is 1.21. The second-order valence-electron chi connectivity index (χ2n) is 2.45. The molecule has 3 heteroatoms. The molecule has 0 aliphatic carbocycles. The third-order valence-corrected chi connectivity index (χ3v) is 1.80. The van der Waals surface area contributed by atoms with Crippen molar-refractivity contribution in [2.24, 2.45) is 5.73 Å². The van der Waals surface area contributed by atoms with E-state index in [0.29, 0.717) is 6.17 Å². The third-order valence-electron chi connectivity index (χ3n) is 1.80. The van der Waals surface area contributed by atoms with Crippen molar-refractivity contribution in [1.82, 2.24) is 10.2 Å². The van der Waals surface area contributed by atoms with E-state index in [9.17, 15) is 0 Å². The Balaban J connectivity index is 2.22. The largest absolute Gasteiger partial charge is 0.329 e. The van der Waals surface area contributed by atoms with E-state index < -0.39 is 0 Å². The van der Waals surface area contributed by atoms with Crippen LogP contribution >= 0.6 is 0 Å². The third kappa shape index (κ3) is 1.64. The molecule has 1 aliphatic rings. The SMILES string of the molecule is CC1NCCN1CCN. The standard InChI is InChI=1S/C6H15N3/c1-6-8-3-5-9(6)4-2-7/h6,8H,2-5,7H2,1H3. The highest BCUT2D eigenvalue weighted by molar-refractivity contribution is 4.73. The van der Waals surface area contributed by atoms with Crippen LogP contribution in [-0.4, -0.2) is 37.2 Å². The van der Waals surface area contributed by atoms with Gasteiger partial charge in [-0.2, -0.15) is 0 Å². The molecule has 0 radical (unpaired) electrons. The average Bonchev–Trinajstić information content (AvgIpc) is 2.18. The molecule has 0 spiro atoms. The molecule has 0 amide bonds. The summed E-state index contributed by atoms with van der Waals surface area (Å²) in [6, 6.07) is 0. The Kier molecular flexibility index (Phi) is 2.45. The lowest BCUT2D eigenvalue weighted by atomic mass is 10.4. The summed E-state index contributed by atoms with van der Waals surface area (Å²) < 4.78 is 0. The second kappa shape index (κ2) is 3.15. The maximum atomic E-state index is 5.40. The normalized spacial score (nSPS) is 29.3. The van der Waals surface area contributed by atoms with Crippen LogP contribution in [0, 0.1) is 0 Å². The summed E-state index contributed by atoms with van der Waals surface area (Å²) in [6.07, 6.45) is 0.536.